The first-order chi connectivity index (χ1) is 16.2. The maximum Gasteiger partial charge on any atom is 0.277 e. The molecule has 1 aliphatic carbocycles. The molecule has 1 aromatic carbocycles. The zero-order chi connectivity index (χ0) is 23.0. The first-order valence-electron chi connectivity index (χ1n) is 11.9. The molecule has 176 valence electrons. The molecule has 1 aromatic heterocycles. The Hall–Kier alpha value is -2.97. The summed E-state index contributed by atoms with van der Waals surface area (Å²) in [6.07, 6.45) is 12.1. The number of para-hydroxylation sites is 1. The number of nitrogens with one attached hydrogen (secondary N) is 2. The van der Waals surface area contributed by atoms with E-state index in [-0.39, 0.29) is 5.56 Å². The van der Waals surface area contributed by atoms with Crippen molar-refractivity contribution in [2.24, 2.45) is 5.92 Å². The molecule has 2 aromatic rings. The van der Waals surface area contributed by atoms with Crippen LogP contribution in [0.3, 0.4) is 0 Å². The van der Waals surface area contributed by atoms with Gasteiger partial charge in [-0.2, -0.15) is 0 Å². The van der Waals surface area contributed by atoms with E-state index in [0.29, 0.717) is 17.9 Å². The molecule has 0 atom stereocenters. The number of hydrogen-bond acceptors (Lipinski definition) is 7. The minimum atomic E-state index is -0.604. The van der Waals surface area contributed by atoms with Crippen LogP contribution in [0.5, 0.6) is 0 Å². The fourth-order valence-electron chi connectivity index (χ4n) is 4.95. The summed E-state index contributed by atoms with van der Waals surface area (Å²) in [7, 11) is 0. The fourth-order valence-corrected chi connectivity index (χ4v) is 4.95. The van der Waals surface area contributed by atoms with Crippen LogP contribution in [0.25, 0.3) is 0 Å². The molecular weight excluding hydrogens is 416 g/mol. The predicted molar refractivity (Wildman–Crippen MR) is 129 cm³/mol. The SMILES string of the molecule is C=CN(c1ccccc1CNCC1CCN(c2ncc(C(=O)NO)cn2)CC1)C1CCCC1. The topological polar surface area (TPSA) is 93.6 Å². The second-order valence-electron chi connectivity index (χ2n) is 8.93. The number of aromatic nitrogens is 2. The molecule has 1 amide bonds. The second kappa shape index (κ2) is 11.2. The predicted octanol–water partition coefficient (Wildman–Crippen LogP) is 3.49. The van der Waals surface area contributed by atoms with Gasteiger partial charge in [-0.3, -0.25) is 10.0 Å². The van der Waals surface area contributed by atoms with Crippen LogP contribution >= 0.6 is 0 Å². The van der Waals surface area contributed by atoms with E-state index in [4.69, 9.17) is 5.21 Å². The maximum atomic E-state index is 11.4. The quantitative estimate of drug-likeness (QED) is 0.398. The lowest BCUT2D eigenvalue weighted by Crippen LogP contribution is -2.38. The minimum Gasteiger partial charge on any atom is -0.345 e. The number of rotatable bonds is 9. The number of amides is 1. The highest BCUT2D eigenvalue weighted by atomic mass is 16.5. The van der Waals surface area contributed by atoms with Crippen LogP contribution in [0.15, 0.2) is 49.4 Å². The van der Waals surface area contributed by atoms with Gasteiger partial charge < -0.3 is 15.1 Å². The van der Waals surface area contributed by atoms with Gasteiger partial charge in [0, 0.05) is 43.8 Å². The average Bonchev–Trinajstić information content (AvgIpc) is 3.40. The van der Waals surface area contributed by atoms with Gasteiger partial charge in [-0.05, 0) is 56.0 Å². The number of hydroxylamine groups is 1. The highest BCUT2D eigenvalue weighted by Gasteiger charge is 2.23. The molecule has 3 N–H and O–H groups in total. The summed E-state index contributed by atoms with van der Waals surface area (Å²) in [6.45, 7) is 7.70. The zero-order valence-electron chi connectivity index (χ0n) is 19.1. The molecule has 1 saturated carbocycles. The molecule has 0 unspecified atom stereocenters. The summed E-state index contributed by atoms with van der Waals surface area (Å²) < 4.78 is 0. The molecule has 0 spiro atoms. The van der Waals surface area contributed by atoms with Crippen LogP contribution in [-0.2, 0) is 6.54 Å². The van der Waals surface area contributed by atoms with Crippen LogP contribution in [0.1, 0.15) is 54.4 Å². The second-order valence-corrected chi connectivity index (χ2v) is 8.93. The summed E-state index contributed by atoms with van der Waals surface area (Å²) in [5.41, 5.74) is 4.43. The Morgan fingerprint density at radius 1 is 1.15 bits per heavy atom. The van der Waals surface area contributed by atoms with Gasteiger partial charge in [-0.1, -0.05) is 37.6 Å². The van der Waals surface area contributed by atoms with Gasteiger partial charge in [-0.25, -0.2) is 15.4 Å². The molecule has 33 heavy (non-hydrogen) atoms. The van der Waals surface area contributed by atoms with Crippen molar-refractivity contribution in [2.45, 2.75) is 51.1 Å². The first kappa shape index (κ1) is 23.2. The van der Waals surface area contributed by atoms with Gasteiger partial charge in [-0.15, -0.1) is 0 Å². The summed E-state index contributed by atoms with van der Waals surface area (Å²) >= 11 is 0. The first-order valence-corrected chi connectivity index (χ1v) is 11.9. The van der Waals surface area contributed by atoms with E-state index >= 15 is 0 Å². The Morgan fingerprint density at radius 3 is 2.52 bits per heavy atom. The Bertz CT molecular complexity index is 921. The van der Waals surface area contributed by atoms with E-state index in [9.17, 15) is 4.79 Å². The molecule has 8 heteroatoms. The third kappa shape index (κ3) is 5.69. The summed E-state index contributed by atoms with van der Waals surface area (Å²) in [6, 6.07) is 9.23. The summed E-state index contributed by atoms with van der Waals surface area (Å²) in [5, 5.41) is 12.4. The molecule has 1 aliphatic heterocycles. The van der Waals surface area contributed by atoms with Crippen LogP contribution in [0.2, 0.25) is 0 Å². The number of anilines is 2. The van der Waals surface area contributed by atoms with Crippen LogP contribution in [0, 0.1) is 5.92 Å². The normalized spacial score (nSPS) is 17.2. The van der Waals surface area contributed by atoms with Gasteiger partial charge in [0.25, 0.3) is 5.91 Å². The molecule has 0 bridgehead atoms. The van der Waals surface area contributed by atoms with E-state index in [2.05, 4.69) is 55.9 Å². The monoisotopic (exact) mass is 450 g/mol. The highest BCUT2D eigenvalue weighted by molar-refractivity contribution is 5.92. The highest BCUT2D eigenvalue weighted by Crippen LogP contribution is 2.31. The minimum absolute atomic E-state index is 0.239. The number of piperidine rings is 1. The third-order valence-corrected chi connectivity index (χ3v) is 6.83. The Labute approximate surface area is 195 Å². The van der Waals surface area contributed by atoms with Crippen molar-refractivity contribution >= 4 is 17.5 Å². The smallest absolute Gasteiger partial charge is 0.277 e. The van der Waals surface area contributed by atoms with E-state index in [1.165, 1.54) is 49.3 Å². The molecular formula is C25H34N6O2. The standard InChI is InChI=1S/C25H34N6O2/c1-2-31(22-8-4-5-9-22)23-10-6-3-7-20(23)16-26-15-19-11-13-30(14-12-19)25-27-17-21(18-28-25)24(32)29-33/h2-3,6-7,10,17-19,22,26,33H,1,4-5,8-9,11-16H2,(H,29,32). The molecule has 2 heterocycles. The van der Waals surface area contributed by atoms with Crippen molar-refractivity contribution in [1.82, 2.24) is 20.8 Å². The van der Waals surface area contributed by atoms with Crippen molar-refractivity contribution in [3.63, 3.8) is 0 Å². The molecule has 4 rings (SSSR count). The number of carbonyl (C=O) groups is 1. The van der Waals surface area contributed by atoms with E-state index in [1.54, 1.807) is 5.48 Å². The van der Waals surface area contributed by atoms with E-state index in [0.717, 1.165) is 39.0 Å². The lowest BCUT2D eigenvalue weighted by Gasteiger charge is -2.32. The van der Waals surface area contributed by atoms with Gasteiger partial charge >= 0.3 is 0 Å². The van der Waals surface area contributed by atoms with Crippen LogP contribution in [-0.4, -0.2) is 46.8 Å². The number of nitrogens with zero attached hydrogens (tertiary/aromatic N) is 4. The largest absolute Gasteiger partial charge is 0.345 e. The lowest BCUT2D eigenvalue weighted by atomic mass is 9.97. The maximum absolute atomic E-state index is 11.4. The summed E-state index contributed by atoms with van der Waals surface area (Å²) in [4.78, 5) is 24.5. The Balaban J connectivity index is 1.26. The van der Waals surface area contributed by atoms with Crippen molar-refractivity contribution in [2.75, 3.05) is 29.4 Å². The number of benzene rings is 1. The third-order valence-electron chi connectivity index (χ3n) is 6.83. The van der Waals surface area contributed by atoms with Gasteiger partial charge in [0.05, 0.1) is 5.56 Å². The molecule has 1 saturated heterocycles. The molecule has 2 aliphatic rings. The van der Waals surface area contributed by atoms with Crippen molar-refractivity contribution in [3.05, 3.63) is 60.6 Å². The lowest BCUT2D eigenvalue weighted by molar-refractivity contribution is 0.0705. The Morgan fingerprint density at radius 2 is 1.85 bits per heavy atom. The van der Waals surface area contributed by atoms with E-state index < -0.39 is 5.91 Å². The van der Waals surface area contributed by atoms with Crippen molar-refractivity contribution in [1.29, 1.82) is 0 Å². The van der Waals surface area contributed by atoms with Gasteiger partial charge in [0.2, 0.25) is 5.95 Å². The molecule has 2 fully saturated rings. The average molecular weight is 451 g/mol. The molecule has 0 radical (unpaired) electrons. The van der Waals surface area contributed by atoms with Crippen LogP contribution < -0.4 is 20.6 Å². The van der Waals surface area contributed by atoms with Crippen LogP contribution in [0.4, 0.5) is 11.6 Å². The Kier molecular flexibility index (Phi) is 7.91. The number of hydrogen-bond donors (Lipinski definition) is 3. The van der Waals surface area contributed by atoms with Gasteiger partial charge in [0.15, 0.2) is 0 Å². The van der Waals surface area contributed by atoms with Gasteiger partial charge in [0.1, 0.15) is 0 Å². The molecule has 8 nitrogen and oxygen atoms in total. The van der Waals surface area contributed by atoms with Crippen molar-refractivity contribution < 1.29 is 10.0 Å². The fraction of sp³-hybridized carbons (Fsp3) is 0.480. The van der Waals surface area contributed by atoms with Crippen molar-refractivity contribution in [3.8, 4) is 0 Å². The zero-order valence-corrected chi connectivity index (χ0v) is 19.1. The van der Waals surface area contributed by atoms with E-state index in [1.807, 2.05) is 6.20 Å². The summed E-state index contributed by atoms with van der Waals surface area (Å²) in [5.74, 6) is 0.631. The number of carbonyl (C=O) groups excluding carboxylic acids is 1.